The van der Waals surface area contributed by atoms with Crippen LogP contribution in [0.25, 0.3) is 0 Å². The van der Waals surface area contributed by atoms with Crippen molar-refractivity contribution < 1.29 is 17.2 Å². The molecule has 0 aliphatic rings. The Morgan fingerprint density at radius 3 is 2.00 bits per heavy atom. The highest BCUT2D eigenvalue weighted by molar-refractivity contribution is 7.80. The molecule has 0 aliphatic heterocycles. The van der Waals surface area contributed by atoms with E-state index >= 15 is 0 Å². The van der Waals surface area contributed by atoms with Crippen molar-refractivity contribution in [1.82, 2.24) is 0 Å². The van der Waals surface area contributed by atoms with Crippen LogP contribution in [0.15, 0.2) is 0 Å². The fourth-order valence-corrected chi connectivity index (χ4v) is 2.14. The molecule has 0 heterocycles. The second-order valence-corrected chi connectivity index (χ2v) is 6.08. The van der Waals surface area contributed by atoms with Crippen LogP contribution in [0.4, 0.5) is 0 Å². The highest BCUT2D eigenvalue weighted by Crippen LogP contribution is 2.19. The fourth-order valence-electron chi connectivity index (χ4n) is 1.38. The standard InChI is InChI=1S/C10H23P.C2H6O4S/c1-4-5-6-7-9(2)10(3)8-11;1-2-6-7(3,4)5/h9-10H,4-8,11H2,1-3H3;2H2,1H3,(H,3,4,5). The molecule has 0 spiro atoms. The van der Waals surface area contributed by atoms with Gasteiger partial charge in [-0.05, 0) is 24.9 Å². The number of unbranched alkanes of at least 4 members (excludes halogenated alkanes) is 2. The van der Waals surface area contributed by atoms with Crippen LogP contribution in [0.5, 0.6) is 0 Å². The molecule has 6 heteroatoms. The Morgan fingerprint density at radius 1 is 1.17 bits per heavy atom. The molecule has 0 fully saturated rings. The van der Waals surface area contributed by atoms with E-state index in [1.807, 2.05) is 0 Å². The molecule has 0 rings (SSSR count). The highest BCUT2D eigenvalue weighted by Gasteiger charge is 2.08. The summed E-state index contributed by atoms with van der Waals surface area (Å²) in [5.41, 5.74) is 0. The predicted octanol–water partition coefficient (Wildman–Crippen LogP) is 3.54. The van der Waals surface area contributed by atoms with Gasteiger partial charge in [0.25, 0.3) is 0 Å². The monoisotopic (exact) mass is 300 g/mol. The van der Waals surface area contributed by atoms with Crippen LogP contribution in [0.2, 0.25) is 0 Å². The zero-order chi connectivity index (χ0) is 14.6. The number of hydrogen-bond donors (Lipinski definition) is 1. The molecule has 0 aromatic heterocycles. The van der Waals surface area contributed by atoms with Crippen LogP contribution in [0, 0.1) is 11.8 Å². The molecular formula is C12H29O4PS. The van der Waals surface area contributed by atoms with E-state index in [9.17, 15) is 8.42 Å². The molecule has 0 aromatic carbocycles. The van der Waals surface area contributed by atoms with Gasteiger partial charge < -0.3 is 0 Å². The third kappa shape index (κ3) is 16.3. The van der Waals surface area contributed by atoms with Crippen molar-refractivity contribution in [1.29, 1.82) is 0 Å². The van der Waals surface area contributed by atoms with Gasteiger partial charge in [0, 0.05) is 0 Å². The molecule has 0 radical (unpaired) electrons. The lowest BCUT2D eigenvalue weighted by atomic mass is 9.92. The van der Waals surface area contributed by atoms with E-state index in [-0.39, 0.29) is 6.61 Å². The van der Waals surface area contributed by atoms with Gasteiger partial charge in [-0.2, -0.15) is 8.42 Å². The summed E-state index contributed by atoms with van der Waals surface area (Å²) >= 11 is 0. The van der Waals surface area contributed by atoms with Gasteiger partial charge in [-0.1, -0.05) is 46.5 Å². The zero-order valence-electron chi connectivity index (χ0n) is 12.1. The molecule has 0 aromatic rings. The van der Waals surface area contributed by atoms with Crippen molar-refractivity contribution in [3.63, 3.8) is 0 Å². The van der Waals surface area contributed by atoms with Crippen molar-refractivity contribution in [2.75, 3.05) is 12.8 Å². The largest absolute Gasteiger partial charge is 0.397 e. The minimum atomic E-state index is -4.17. The second-order valence-electron chi connectivity index (χ2n) is 4.52. The van der Waals surface area contributed by atoms with Gasteiger partial charge in [0.1, 0.15) is 0 Å². The van der Waals surface area contributed by atoms with Gasteiger partial charge in [-0.15, -0.1) is 9.24 Å². The molecule has 3 unspecified atom stereocenters. The Labute approximate surface area is 115 Å². The van der Waals surface area contributed by atoms with Crippen molar-refractivity contribution in [3.05, 3.63) is 0 Å². The molecule has 0 bridgehead atoms. The van der Waals surface area contributed by atoms with Crippen molar-refractivity contribution in [3.8, 4) is 0 Å². The normalized spacial score (nSPS) is 14.6. The topological polar surface area (TPSA) is 63.6 Å². The molecule has 1 N–H and O–H groups in total. The Morgan fingerprint density at radius 2 is 1.72 bits per heavy atom. The molecule has 0 saturated heterocycles. The van der Waals surface area contributed by atoms with Gasteiger partial charge in [0.2, 0.25) is 0 Å². The Kier molecular flexibility index (Phi) is 14.1. The summed E-state index contributed by atoms with van der Waals surface area (Å²) in [6.07, 6.45) is 6.86. The highest BCUT2D eigenvalue weighted by atomic mass is 32.3. The van der Waals surface area contributed by atoms with E-state index in [4.69, 9.17) is 4.55 Å². The molecule has 0 saturated carbocycles. The molecule has 18 heavy (non-hydrogen) atoms. The van der Waals surface area contributed by atoms with E-state index < -0.39 is 10.4 Å². The van der Waals surface area contributed by atoms with E-state index in [2.05, 4.69) is 34.2 Å². The summed E-state index contributed by atoms with van der Waals surface area (Å²) in [6.45, 7) is 8.43. The summed E-state index contributed by atoms with van der Waals surface area (Å²) in [6, 6.07) is 0. The van der Waals surface area contributed by atoms with E-state index in [1.54, 1.807) is 0 Å². The summed E-state index contributed by atoms with van der Waals surface area (Å²) in [5.74, 6) is 1.80. The van der Waals surface area contributed by atoms with Crippen molar-refractivity contribution in [2.24, 2.45) is 11.8 Å². The predicted molar refractivity (Wildman–Crippen MR) is 80.2 cm³/mol. The lowest BCUT2D eigenvalue weighted by molar-refractivity contribution is 0.283. The van der Waals surface area contributed by atoms with Crippen molar-refractivity contribution >= 4 is 19.6 Å². The smallest absolute Gasteiger partial charge is 0.264 e. The first-order valence-electron chi connectivity index (χ1n) is 6.60. The van der Waals surface area contributed by atoms with Gasteiger partial charge in [-0.3, -0.25) is 4.55 Å². The Bertz CT molecular complexity index is 267. The van der Waals surface area contributed by atoms with Crippen LogP contribution in [-0.4, -0.2) is 25.7 Å². The van der Waals surface area contributed by atoms with E-state index in [1.165, 1.54) is 38.8 Å². The zero-order valence-corrected chi connectivity index (χ0v) is 14.0. The maximum absolute atomic E-state index is 9.56. The van der Waals surface area contributed by atoms with Crippen LogP contribution in [-0.2, 0) is 14.6 Å². The SMILES string of the molecule is CCCCCC(C)C(C)CP.CCOS(=O)(=O)O. The third-order valence-corrected chi connectivity index (χ3v) is 4.15. The summed E-state index contributed by atoms with van der Waals surface area (Å²) in [5, 5.41) is 0. The summed E-state index contributed by atoms with van der Waals surface area (Å²) in [7, 11) is -1.33. The number of hydrogen-bond acceptors (Lipinski definition) is 3. The van der Waals surface area contributed by atoms with Gasteiger partial charge in [0.05, 0.1) is 6.61 Å². The van der Waals surface area contributed by atoms with Gasteiger partial charge in [-0.25, -0.2) is 4.18 Å². The minimum absolute atomic E-state index is 0.0289. The second kappa shape index (κ2) is 12.3. The van der Waals surface area contributed by atoms with Crippen LogP contribution in [0.3, 0.4) is 0 Å². The molecule has 0 amide bonds. The fraction of sp³-hybridized carbons (Fsp3) is 1.00. The average molecular weight is 300 g/mol. The average Bonchev–Trinajstić information content (AvgIpc) is 2.27. The first-order valence-corrected chi connectivity index (χ1v) is 8.78. The van der Waals surface area contributed by atoms with Crippen LogP contribution in [0.1, 0.15) is 53.4 Å². The third-order valence-electron chi connectivity index (χ3n) is 2.87. The van der Waals surface area contributed by atoms with Crippen LogP contribution >= 0.6 is 9.24 Å². The lowest BCUT2D eigenvalue weighted by Gasteiger charge is -2.17. The van der Waals surface area contributed by atoms with E-state index in [0.717, 1.165) is 11.8 Å². The molecular weight excluding hydrogens is 271 g/mol. The molecule has 3 atom stereocenters. The Balaban J connectivity index is 0. The van der Waals surface area contributed by atoms with Crippen LogP contribution < -0.4 is 0 Å². The minimum Gasteiger partial charge on any atom is -0.264 e. The quantitative estimate of drug-likeness (QED) is 0.423. The molecule has 4 nitrogen and oxygen atoms in total. The lowest BCUT2D eigenvalue weighted by Crippen LogP contribution is -2.08. The first-order chi connectivity index (χ1) is 8.28. The van der Waals surface area contributed by atoms with E-state index in [0.29, 0.717) is 0 Å². The summed E-state index contributed by atoms with van der Waals surface area (Å²) in [4.78, 5) is 0. The Hall–Kier alpha value is 0.300. The first kappa shape index (κ1) is 20.6. The van der Waals surface area contributed by atoms with Gasteiger partial charge in [0.15, 0.2) is 0 Å². The maximum Gasteiger partial charge on any atom is 0.397 e. The van der Waals surface area contributed by atoms with Gasteiger partial charge >= 0.3 is 10.4 Å². The molecule has 112 valence electrons. The maximum atomic E-state index is 9.56. The summed E-state index contributed by atoms with van der Waals surface area (Å²) < 4.78 is 30.7. The molecule has 0 aliphatic carbocycles. The van der Waals surface area contributed by atoms with Crippen molar-refractivity contribution in [2.45, 2.75) is 53.4 Å². The number of rotatable bonds is 8.